The predicted octanol–water partition coefficient (Wildman–Crippen LogP) is -0.886. The number of thiocarbonyl (C=S) groups is 1. The highest BCUT2D eigenvalue weighted by Crippen LogP contribution is 2.01. The molecule has 142 valence electrons. The Bertz CT molecular complexity index is 459. The van der Waals surface area contributed by atoms with Gasteiger partial charge < -0.3 is 10.2 Å². The molecule has 1 fully saturated rings. The van der Waals surface area contributed by atoms with Crippen molar-refractivity contribution in [2.75, 3.05) is 65.4 Å². The molecule has 0 aromatic carbocycles. The molecule has 3 N–H and O–H groups in total. The first-order chi connectivity index (χ1) is 11.9. The first kappa shape index (κ1) is 21.6. The van der Waals surface area contributed by atoms with Gasteiger partial charge in [0, 0.05) is 52.4 Å². The van der Waals surface area contributed by atoms with E-state index in [0.29, 0.717) is 32.7 Å². The summed E-state index contributed by atoms with van der Waals surface area (Å²) < 4.78 is 0. The van der Waals surface area contributed by atoms with E-state index < -0.39 is 11.9 Å². The normalized spacial score (nSPS) is 19.2. The Morgan fingerprint density at radius 1 is 1.04 bits per heavy atom. The molecule has 25 heavy (non-hydrogen) atoms. The third-order valence-electron chi connectivity index (χ3n) is 4.03. The maximum absolute atomic E-state index is 11.0. The number of aliphatic carboxylic acids is 2. The molecule has 10 heteroatoms. The summed E-state index contributed by atoms with van der Waals surface area (Å²) >= 11 is 4.57. The Morgan fingerprint density at radius 2 is 1.48 bits per heavy atom. The number of nitrogens with one attached hydrogen (secondary N) is 1. The molecule has 0 aromatic rings. The zero-order chi connectivity index (χ0) is 18.7. The SMILES string of the molecule is CC(N=C=S)NCCN1CCN(CC(=O)O)CCN(CC(=O)O)CC1. The van der Waals surface area contributed by atoms with Gasteiger partial charge in [0.25, 0.3) is 0 Å². The van der Waals surface area contributed by atoms with E-state index in [9.17, 15) is 9.59 Å². The van der Waals surface area contributed by atoms with Crippen LogP contribution in [0, 0.1) is 0 Å². The Labute approximate surface area is 153 Å². The fourth-order valence-electron chi connectivity index (χ4n) is 2.66. The van der Waals surface area contributed by atoms with Crippen molar-refractivity contribution >= 4 is 29.3 Å². The Kier molecular flexibility index (Phi) is 10.4. The second-order valence-electron chi connectivity index (χ2n) is 6.03. The molecule has 0 aromatic heterocycles. The topological polar surface area (TPSA) is 109 Å². The first-order valence-electron chi connectivity index (χ1n) is 8.31. The number of carboxylic acid groups (broad SMARTS) is 2. The zero-order valence-electron chi connectivity index (χ0n) is 14.6. The standard InChI is InChI=1S/C15H27N5O4S/c1-13(17-12-25)16-2-3-18-4-6-19(10-14(21)22)8-9-20(7-5-18)11-15(23)24/h13,16H,2-11H2,1H3,(H,21,22)(H,23,24). The smallest absolute Gasteiger partial charge is 0.317 e. The molecule has 1 aliphatic heterocycles. The van der Waals surface area contributed by atoms with E-state index in [4.69, 9.17) is 10.2 Å². The van der Waals surface area contributed by atoms with Crippen molar-refractivity contribution in [1.82, 2.24) is 20.0 Å². The number of isothiocyanates is 1. The van der Waals surface area contributed by atoms with Crippen molar-refractivity contribution in [3.8, 4) is 0 Å². The van der Waals surface area contributed by atoms with Crippen molar-refractivity contribution in [3.63, 3.8) is 0 Å². The van der Waals surface area contributed by atoms with Crippen LogP contribution in [0.3, 0.4) is 0 Å². The monoisotopic (exact) mass is 373 g/mol. The largest absolute Gasteiger partial charge is 0.480 e. The molecule has 0 spiro atoms. The lowest BCUT2D eigenvalue weighted by molar-refractivity contribution is -0.140. The van der Waals surface area contributed by atoms with Crippen molar-refractivity contribution in [3.05, 3.63) is 0 Å². The number of rotatable bonds is 9. The van der Waals surface area contributed by atoms with Crippen LogP contribution in [0.25, 0.3) is 0 Å². The van der Waals surface area contributed by atoms with E-state index in [-0.39, 0.29) is 19.3 Å². The van der Waals surface area contributed by atoms with Gasteiger partial charge in [0.15, 0.2) is 0 Å². The summed E-state index contributed by atoms with van der Waals surface area (Å²) in [5.74, 6) is -1.74. The van der Waals surface area contributed by atoms with Crippen LogP contribution in [-0.2, 0) is 9.59 Å². The van der Waals surface area contributed by atoms with Gasteiger partial charge in [0.05, 0.1) is 18.3 Å². The van der Waals surface area contributed by atoms with E-state index in [0.717, 1.165) is 19.6 Å². The third kappa shape index (κ3) is 10.2. The highest BCUT2D eigenvalue weighted by atomic mass is 32.1. The molecule has 1 unspecified atom stereocenters. The Balaban J connectivity index is 2.59. The Morgan fingerprint density at radius 3 is 1.88 bits per heavy atom. The van der Waals surface area contributed by atoms with E-state index in [1.165, 1.54) is 0 Å². The van der Waals surface area contributed by atoms with E-state index in [2.05, 4.69) is 32.6 Å². The third-order valence-corrected chi connectivity index (χ3v) is 4.13. The first-order valence-corrected chi connectivity index (χ1v) is 8.72. The number of aliphatic imine (C=N–C) groups is 1. The molecule has 1 atom stereocenters. The number of nitrogens with zero attached hydrogens (tertiary/aromatic N) is 4. The minimum Gasteiger partial charge on any atom is -0.480 e. The highest BCUT2D eigenvalue weighted by Gasteiger charge is 2.19. The van der Waals surface area contributed by atoms with E-state index >= 15 is 0 Å². The van der Waals surface area contributed by atoms with Gasteiger partial charge in [-0.2, -0.15) is 0 Å². The Hall–Kier alpha value is -1.42. The van der Waals surface area contributed by atoms with Crippen molar-refractivity contribution in [2.24, 2.45) is 4.99 Å². The molecule has 0 saturated carbocycles. The molecule has 0 aliphatic carbocycles. The molecule has 9 nitrogen and oxygen atoms in total. The summed E-state index contributed by atoms with van der Waals surface area (Å²) in [6.45, 7) is 7.14. The van der Waals surface area contributed by atoms with Gasteiger partial charge in [0.1, 0.15) is 6.17 Å². The number of carboxylic acids is 2. The van der Waals surface area contributed by atoms with Crippen LogP contribution < -0.4 is 5.32 Å². The van der Waals surface area contributed by atoms with Crippen LogP contribution in [0.1, 0.15) is 6.92 Å². The summed E-state index contributed by atoms with van der Waals surface area (Å²) in [7, 11) is 0. The summed E-state index contributed by atoms with van der Waals surface area (Å²) in [6, 6.07) is 0. The molecule has 0 radical (unpaired) electrons. The lowest BCUT2D eigenvalue weighted by atomic mass is 10.4. The van der Waals surface area contributed by atoms with Gasteiger partial charge in [-0.05, 0) is 19.1 Å². The van der Waals surface area contributed by atoms with Crippen LogP contribution in [0.15, 0.2) is 4.99 Å². The minimum absolute atomic E-state index is 0.0343. The van der Waals surface area contributed by atoms with Crippen LogP contribution in [0.5, 0.6) is 0 Å². The van der Waals surface area contributed by atoms with Crippen LogP contribution in [0.2, 0.25) is 0 Å². The van der Waals surface area contributed by atoms with Gasteiger partial charge in [-0.25, -0.2) is 4.99 Å². The van der Waals surface area contributed by atoms with Crippen molar-refractivity contribution < 1.29 is 19.8 Å². The fraction of sp³-hybridized carbons (Fsp3) is 0.800. The summed E-state index contributed by atoms with van der Waals surface area (Å²) in [4.78, 5) is 31.8. The second kappa shape index (κ2) is 12.0. The molecular formula is C15H27N5O4S. The summed E-state index contributed by atoms with van der Waals surface area (Å²) in [5, 5.41) is 23.6. The number of hydrogen-bond donors (Lipinski definition) is 3. The van der Waals surface area contributed by atoms with Crippen molar-refractivity contribution in [2.45, 2.75) is 13.1 Å². The van der Waals surface area contributed by atoms with Gasteiger partial charge in [-0.3, -0.25) is 29.6 Å². The molecular weight excluding hydrogens is 346 g/mol. The quantitative estimate of drug-likeness (QED) is 0.350. The maximum Gasteiger partial charge on any atom is 0.317 e. The molecule has 1 rings (SSSR count). The maximum atomic E-state index is 11.0. The van der Waals surface area contributed by atoms with Gasteiger partial charge in [-0.1, -0.05) is 0 Å². The summed E-state index contributed by atoms with van der Waals surface area (Å²) in [6.07, 6.45) is -0.0953. The van der Waals surface area contributed by atoms with E-state index in [1.807, 2.05) is 16.7 Å². The van der Waals surface area contributed by atoms with Crippen molar-refractivity contribution in [1.29, 1.82) is 0 Å². The van der Waals surface area contributed by atoms with Crippen LogP contribution in [-0.4, -0.2) is 114 Å². The van der Waals surface area contributed by atoms with Gasteiger partial charge >= 0.3 is 11.9 Å². The number of carbonyl (C=O) groups is 2. The predicted molar refractivity (Wildman–Crippen MR) is 97.1 cm³/mol. The molecule has 1 aliphatic rings. The fourth-order valence-corrected chi connectivity index (χ4v) is 2.82. The average Bonchev–Trinajstić information content (AvgIpc) is 2.60. The summed E-state index contributed by atoms with van der Waals surface area (Å²) in [5.41, 5.74) is 0. The van der Waals surface area contributed by atoms with Crippen LogP contribution >= 0.6 is 12.2 Å². The lowest BCUT2D eigenvalue weighted by Gasteiger charge is -2.25. The molecule has 0 bridgehead atoms. The second-order valence-corrected chi connectivity index (χ2v) is 6.21. The van der Waals surface area contributed by atoms with E-state index in [1.54, 1.807) is 0 Å². The molecule has 1 heterocycles. The zero-order valence-corrected chi connectivity index (χ0v) is 15.4. The highest BCUT2D eigenvalue weighted by molar-refractivity contribution is 7.78. The van der Waals surface area contributed by atoms with Crippen LogP contribution in [0.4, 0.5) is 0 Å². The average molecular weight is 373 g/mol. The lowest BCUT2D eigenvalue weighted by Crippen LogP contribution is -2.41. The number of hydrogen-bond acceptors (Lipinski definition) is 8. The molecule has 0 amide bonds. The minimum atomic E-state index is -0.871. The van der Waals surface area contributed by atoms with Gasteiger partial charge in [0.2, 0.25) is 0 Å². The van der Waals surface area contributed by atoms with Gasteiger partial charge in [-0.15, -0.1) is 0 Å². The molecule has 1 saturated heterocycles.